The van der Waals surface area contributed by atoms with Gasteiger partial charge in [-0.05, 0) is 60.3 Å². The molecule has 1 unspecified atom stereocenters. The number of ether oxygens (including phenoxy) is 1. The van der Waals surface area contributed by atoms with Gasteiger partial charge < -0.3 is 4.74 Å². The van der Waals surface area contributed by atoms with Crippen LogP contribution in [0.4, 0.5) is 0 Å². The second-order valence-corrected chi connectivity index (χ2v) is 6.67. The third-order valence-corrected chi connectivity index (χ3v) is 5.22. The molecule has 1 fully saturated rings. The summed E-state index contributed by atoms with van der Waals surface area (Å²) in [5, 5.41) is 0. The number of hydrogen-bond donors (Lipinski definition) is 0. The first kappa shape index (κ1) is 14.4. The van der Waals surface area contributed by atoms with Gasteiger partial charge in [0.15, 0.2) is 0 Å². The highest BCUT2D eigenvalue weighted by molar-refractivity contribution is 5.75. The van der Waals surface area contributed by atoms with Crippen molar-refractivity contribution in [2.75, 3.05) is 7.11 Å². The van der Waals surface area contributed by atoms with Gasteiger partial charge in [0.05, 0.1) is 7.11 Å². The summed E-state index contributed by atoms with van der Waals surface area (Å²) < 4.78 is 5.22. The quantitative estimate of drug-likeness (QED) is 0.713. The molecule has 2 aliphatic rings. The molecule has 2 aliphatic carbocycles. The zero-order valence-corrected chi connectivity index (χ0v) is 13.2. The molecule has 1 atom stereocenters. The van der Waals surface area contributed by atoms with E-state index in [0.29, 0.717) is 0 Å². The van der Waals surface area contributed by atoms with Crippen molar-refractivity contribution in [3.63, 3.8) is 0 Å². The average Bonchev–Trinajstić information content (AvgIpc) is 2.56. The number of hydrogen-bond acceptors (Lipinski definition) is 1. The molecule has 0 saturated heterocycles. The molecule has 0 N–H and O–H groups in total. The molecule has 0 spiro atoms. The van der Waals surface area contributed by atoms with Crippen molar-refractivity contribution in [2.24, 2.45) is 17.8 Å². The Morgan fingerprint density at radius 2 is 1.71 bits per heavy atom. The molecule has 0 amide bonds. The van der Waals surface area contributed by atoms with Crippen LogP contribution in [0.1, 0.15) is 44.6 Å². The van der Waals surface area contributed by atoms with Gasteiger partial charge >= 0.3 is 0 Å². The molecule has 0 aromatic heterocycles. The fourth-order valence-corrected chi connectivity index (χ4v) is 3.70. The summed E-state index contributed by atoms with van der Waals surface area (Å²) in [6.07, 6.45) is 14.1. The molecule has 0 bridgehead atoms. The molecule has 1 saturated carbocycles. The summed E-state index contributed by atoms with van der Waals surface area (Å²) in [7, 11) is 1.71. The van der Waals surface area contributed by atoms with Crippen molar-refractivity contribution in [2.45, 2.75) is 39.0 Å². The van der Waals surface area contributed by atoms with Gasteiger partial charge in [0, 0.05) is 0 Å². The van der Waals surface area contributed by atoms with Crippen LogP contribution in [0.5, 0.6) is 5.75 Å². The first-order chi connectivity index (χ1) is 10.3. The molecule has 0 aliphatic heterocycles. The van der Waals surface area contributed by atoms with Gasteiger partial charge in [0.2, 0.25) is 0 Å². The third kappa shape index (κ3) is 3.40. The topological polar surface area (TPSA) is 9.23 Å². The van der Waals surface area contributed by atoms with E-state index in [4.69, 9.17) is 4.74 Å². The average molecular weight is 282 g/mol. The van der Waals surface area contributed by atoms with E-state index in [1.54, 1.807) is 7.11 Å². The van der Waals surface area contributed by atoms with Crippen LogP contribution in [0.25, 0.3) is 5.57 Å². The summed E-state index contributed by atoms with van der Waals surface area (Å²) in [6, 6.07) is 8.38. The SMILES string of the molecule is COc1ccc(C2=CCC([C@H]3CC[C@H](C)CC3)C=C2)cc1. The van der Waals surface area contributed by atoms with Crippen LogP contribution >= 0.6 is 0 Å². The normalized spacial score (nSPS) is 29.0. The second kappa shape index (κ2) is 6.51. The molecule has 112 valence electrons. The van der Waals surface area contributed by atoms with Gasteiger partial charge in [0.25, 0.3) is 0 Å². The first-order valence-electron chi connectivity index (χ1n) is 8.29. The highest BCUT2D eigenvalue weighted by Gasteiger charge is 2.25. The van der Waals surface area contributed by atoms with Crippen LogP contribution in [0.15, 0.2) is 42.5 Å². The molecule has 1 aromatic rings. The predicted molar refractivity (Wildman–Crippen MR) is 89.3 cm³/mol. The van der Waals surface area contributed by atoms with Gasteiger partial charge in [-0.25, -0.2) is 0 Å². The van der Waals surface area contributed by atoms with E-state index >= 15 is 0 Å². The van der Waals surface area contributed by atoms with E-state index in [-0.39, 0.29) is 0 Å². The number of rotatable bonds is 3. The van der Waals surface area contributed by atoms with E-state index in [1.165, 1.54) is 43.2 Å². The van der Waals surface area contributed by atoms with Crippen LogP contribution in [0, 0.1) is 17.8 Å². The number of allylic oxidation sites excluding steroid dienone is 4. The molecule has 0 radical (unpaired) electrons. The lowest BCUT2D eigenvalue weighted by molar-refractivity contribution is 0.240. The van der Waals surface area contributed by atoms with E-state index in [9.17, 15) is 0 Å². The fraction of sp³-hybridized carbons (Fsp3) is 0.500. The molecule has 0 heterocycles. The van der Waals surface area contributed by atoms with Crippen molar-refractivity contribution in [1.29, 1.82) is 0 Å². The predicted octanol–water partition coefficient (Wildman–Crippen LogP) is 5.48. The van der Waals surface area contributed by atoms with Crippen LogP contribution < -0.4 is 4.74 Å². The Kier molecular flexibility index (Phi) is 4.48. The van der Waals surface area contributed by atoms with E-state index in [2.05, 4.69) is 37.3 Å². The standard InChI is InChI=1S/C20H26O/c1-15-3-5-16(6-4-15)17-7-9-18(10-8-17)19-11-13-20(21-2)14-12-19/h7,9-17H,3-6,8H2,1-2H3/t15-,16-,17?. The molecule has 3 rings (SSSR count). The first-order valence-corrected chi connectivity index (χ1v) is 8.29. The molecule has 1 nitrogen and oxygen atoms in total. The van der Waals surface area contributed by atoms with E-state index < -0.39 is 0 Å². The van der Waals surface area contributed by atoms with E-state index in [0.717, 1.165) is 23.5 Å². The highest BCUT2D eigenvalue weighted by Crippen LogP contribution is 2.38. The number of methoxy groups -OCH3 is 1. The lowest BCUT2D eigenvalue weighted by atomic mass is 9.74. The fourth-order valence-electron chi connectivity index (χ4n) is 3.70. The molecular formula is C20H26O. The van der Waals surface area contributed by atoms with Crippen molar-refractivity contribution in [1.82, 2.24) is 0 Å². The third-order valence-electron chi connectivity index (χ3n) is 5.22. The Balaban J connectivity index is 1.62. The van der Waals surface area contributed by atoms with Gasteiger partial charge in [-0.3, -0.25) is 0 Å². The molecule has 1 aromatic carbocycles. The Hall–Kier alpha value is -1.50. The smallest absolute Gasteiger partial charge is 0.118 e. The maximum atomic E-state index is 5.22. The van der Waals surface area contributed by atoms with E-state index in [1.807, 2.05) is 12.1 Å². The Morgan fingerprint density at radius 3 is 2.29 bits per heavy atom. The minimum atomic E-state index is 0.763. The Labute approximate surface area is 128 Å². The van der Waals surface area contributed by atoms with Gasteiger partial charge in [-0.1, -0.05) is 50.1 Å². The lowest BCUT2D eigenvalue weighted by Crippen LogP contribution is -2.20. The maximum Gasteiger partial charge on any atom is 0.118 e. The molecule has 21 heavy (non-hydrogen) atoms. The van der Waals surface area contributed by atoms with Crippen LogP contribution in [0.3, 0.4) is 0 Å². The summed E-state index contributed by atoms with van der Waals surface area (Å²) in [4.78, 5) is 0. The van der Waals surface area contributed by atoms with Crippen molar-refractivity contribution in [3.8, 4) is 5.75 Å². The summed E-state index contributed by atoms with van der Waals surface area (Å²) in [6.45, 7) is 2.40. The lowest BCUT2D eigenvalue weighted by Gasteiger charge is -2.32. The molecule has 1 heteroatoms. The second-order valence-electron chi connectivity index (χ2n) is 6.67. The monoisotopic (exact) mass is 282 g/mol. The Bertz CT molecular complexity index is 515. The zero-order chi connectivity index (χ0) is 14.7. The summed E-state index contributed by atoms with van der Waals surface area (Å²) >= 11 is 0. The van der Waals surface area contributed by atoms with Crippen LogP contribution in [0.2, 0.25) is 0 Å². The minimum absolute atomic E-state index is 0.763. The van der Waals surface area contributed by atoms with Crippen LogP contribution in [-0.2, 0) is 0 Å². The van der Waals surface area contributed by atoms with Gasteiger partial charge in [-0.2, -0.15) is 0 Å². The maximum absolute atomic E-state index is 5.22. The van der Waals surface area contributed by atoms with Crippen molar-refractivity contribution in [3.05, 3.63) is 48.1 Å². The largest absolute Gasteiger partial charge is 0.497 e. The molecular weight excluding hydrogens is 256 g/mol. The zero-order valence-electron chi connectivity index (χ0n) is 13.2. The van der Waals surface area contributed by atoms with Crippen molar-refractivity contribution >= 4 is 5.57 Å². The minimum Gasteiger partial charge on any atom is -0.497 e. The van der Waals surface area contributed by atoms with Gasteiger partial charge in [0.1, 0.15) is 5.75 Å². The van der Waals surface area contributed by atoms with Crippen molar-refractivity contribution < 1.29 is 4.74 Å². The highest BCUT2D eigenvalue weighted by atomic mass is 16.5. The number of benzene rings is 1. The van der Waals surface area contributed by atoms with Crippen LogP contribution in [-0.4, -0.2) is 7.11 Å². The summed E-state index contributed by atoms with van der Waals surface area (Å²) in [5.41, 5.74) is 2.65. The Morgan fingerprint density at radius 1 is 1.00 bits per heavy atom. The van der Waals surface area contributed by atoms with Gasteiger partial charge in [-0.15, -0.1) is 0 Å². The summed E-state index contributed by atoms with van der Waals surface area (Å²) in [5.74, 6) is 3.54.